The molecule has 23 heavy (non-hydrogen) atoms. The van der Waals surface area contributed by atoms with Gasteiger partial charge < -0.3 is 9.32 Å². The van der Waals surface area contributed by atoms with Gasteiger partial charge in [0.1, 0.15) is 12.3 Å². The summed E-state index contributed by atoms with van der Waals surface area (Å²) in [4.78, 5) is 39.4. The van der Waals surface area contributed by atoms with E-state index in [0.717, 1.165) is 18.6 Å². The average molecular weight is 317 g/mol. The van der Waals surface area contributed by atoms with E-state index in [1.807, 2.05) is 12.1 Å². The maximum Gasteiger partial charge on any atom is 0.328 e. The summed E-state index contributed by atoms with van der Waals surface area (Å²) in [6.07, 6.45) is 4.69. The SMILES string of the molecule is CC1CCN(C(=O)Cn2ccc(=O)[nH]c2=O)C(c2ccco2)C1. The van der Waals surface area contributed by atoms with Gasteiger partial charge in [0.15, 0.2) is 0 Å². The molecule has 3 heterocycles. The fourth-order valence-corrected chi connectivity index (χ4v) is 3.00. The highest BCUT2D eigenvalue weighted by molar-refractivity contribution is 5.76. The Morgan fingerprint density at radius 3 is 2.91 bits per heavy atom. The maximum atomic E-state index is 12.6. The van der Waals surface area contributed by atoms with Crippen LogP contribution in [0.5, 0.6) is 0 Å². The molecule has 2 unspecified atom stereocenters. The molecule has 2 aromatic heterocycles. The summed E-state index contributed by atoms with van der Waals surface area (Å²) < 4.78 is 6.69. The van der Waals surface area contributed by atoms with Gasteiger partial charge in [-0.3, -0.25) is 19.1 Å². The first kappa shape index (κ1) is 15.3. The summed E-state index contributed by atoms with van der Waals surface area (Å²) in [6, 6.07) is 4.80. The van der Waals surface area contributed by atoms with E-state index in [1.54, 1.807) is 11.2 Å². The smallest absolute Gasteiger partial charge is 0.328 e. The molecule has 7 nitrogen and oxygen atoms in total. The molecule has 1 aliphatic rings. The molecular weight excluding hydrogens is 298 g/mol. The van der Waals surface area contributed by atoms with Gasteiger partial charge in [0.2, 0.25) is 5.91 Å². The number of nitrogens with one attached hydrogen (secondary N) is 1. The molecule has 1 saturated heterocycles. The molecule has 1 N–H and O–H groups in total. The van der Waals surface area contributed by atoms with Crippen molar-refractivity contribution in [2.75, 3.05) is 6.54 Å². The molecular formula is C16H19N3O4. The number of carbonyl (C=O) groups excluding carboxylic acids is 1. The third-order valence-corrected chi connectivity index (χ3v) is 4.26. The molecule has 0 saturated carbocycles. The van der Waals surface area contributed by atoms with Gasteiger partial charge in [-0.2, -0.15) is 0 Å². The van der Waals surface area contributed by atoms with Crippen LogP contribution in [0.2, 0.25) is 0 Å². The predicted molar refractivity (Wildman–Crippen MR) is 82.9 cm³/mol. The predicted octanol–water partition coefficient (Wildman–Crippen LogP) is 1.13. The van der Waals surface area contributed by atoms with Crippen molar-refractivity contribution in [3.8, 4) is 0 Å². The summed E-state index contributed by atoms with van der Waals surface area (Å²) in [5, 5.41) is 0. The van der Waals surface area contributed by atoms with E-state index >= 15 is 0 Å². The van der Waals surface area contributed by atoms with E-state index in [4.69, 9.17) is 4.42 Å². The number of nitrogens with zero attached hydrogens (tertiary/aromatic N) is 2. The van der Waals surface area contributed by atoms with Gasteiger partial charge in [0, 0.05) is 18.8 Å². The first-order valence-electron chi connectivity index (χ1n) is 7.67. The van der Waals surface area contributed by atoms with Gasteiger partial charge in [0.25, 0.3) is 5.56 Å². The Labute approximate surface area is 132 Å². The minimum Gasteiger partial charge on any atom is -0.467 e. The third-order valence-electron chi connectivity index (χ3n) is 4.26. The molecule has 0 radical (unpaired) electrons. The minimum atomic E-state index is -0.578. The van der Waals surface area contributed by atoms with Crippen LogP contribution >= 0.6 is 0 Å². The van der Waals surface area contributed by atoms with Crippen LogP contribution in [0.4, 0.5) is 0 Å². The number of hydrogen-bond donors (Lipinski definition) is 1. The lowest BCUT2D eigenvalue weighted by Crippen LogP contribution is -2.43. The van der Waals surface area contributed by atoms with Gasteiger partial charge in [-0.1, -0.05) is 6.92 Å². The topological polar surface area (TPSA) is 88.3 Å². The van der Waals surface area contributed by atoms with E-state index in [2.05, 4.69) is 11.9 Å². The van der Waals surface area contributed by atoms with Gasteiger partial charge in [-0.05, 0) is 30.9 Å². The number of likely N-dealkylation sites (tertiary alicyclic amines) is 1. The van der Waals surface area contributed by atoms with Crippen LogP contribution in [-0.2, 0) is 11.3 Å². The van der Waals surface area contributed by atoms with Crippen molar-refractivity contribution in [1.29, 1.82) is 0 Å². The van der Waals surface area contributed by atoms with Gasteiger partial charge in [0.05, 0.1) is 12.3 Å². The Kier molecular flexibility index (Phi) is 4.18. The molecule has 1 fully saturated rings. The number of furan rings is 1. The zero-order valence-electron chi connectivity index (χ0n) is 12.9. The lowest BCUT2D eigenvalue weighted by molar-refractivity contribution is -0.137. The summed E-state index contributed by atoms with van der Waals surface area (Å²) in [5.41, 5.74) is -1.05. The van der Waals surface area contributed by atoms with E-state index in [0.29, 0.717) is 12.5 Å². The van der Waals surface area contributed by atoms with Crippen molar-refractivity contribution in [2.45, 2.75) is 32.4 Å². The van der Waals surface area contributed by atoms with Crippen LogP contribution in [0.1, 0.15) is 31.6 Å². The first-order valence-corrected chi connectivity index (χ1v) is 7.67. The van der Waals surface area contributed by atoms with E-state index in [1.165, 1.54) is 16.8 Å². The number of H-pyrrole nitrogens is 1. The number of aromatic nitrogens is 2. The number of carbonyl (C=O) groups is 1. The minimum absolute atomic E-state index is 0.0960. The van der Waals surface area contributed by atoms with Crippen molar-refractivity contribution in [1.82, 2.24) is 14.5 Å². The number of rotatable bonds is 3. The van der Waals surface area contributed by atoms with Crippen molar-refractivity contribution < 1.29 is 9.21 Å². The molecule has 2 atom stereocenters. The van der Waals surface area contributed by atoms with Crippen LogP contribution in [0, 0.1) is 5.92 Å². The quantitative estimate of drug-likeness (QED) is 0.919. The highest BCUT2D eigenvalue weighted by Gasteiger charge is 2.32. The zero-order chi connectivity index (χ0) is 16.4. The number of hydrogen-bond acceptors (Lipinski definition) is 4. The van der Waals surface area contributed by atoms with Crippen molar-refractivity contribution in [3.05, 3.63) is 57.3 Å². The second kappa shape index (κ2) is 6.28. The zero-order valence-corrected chi connectivity index (χ0v) is 12.9. The van der Waals surface area contributed by atoms with Gasteiger partial charge in [-0.25, -0.2) is 4.79 Å². The van der Waals surface area contributed by atoms with Crippen molar-refractivity contribution >= 4 is 5.91 Å². The highest BCUT2D eigenvalue weighted by atomic mass is 16.3. The normalized spacial score (nSPS) is 21.3. The molecule has 122 valence electrons. The summed E-state index contributed by atoms with van der Waals surface area (Å²) in [5.74, 6) is 1.11. The maximum absolute atomic E-state index is 12.6. The largest absolute Gasteiger partial charge is 0.467 e. The second-order valence-corrected chi connectivity index (χ2v) is 5.99. The fourth-order valence-electron chi connectivity index (χ4n) is 3.00. The number of aromatic amines is 1. The van der Waals surface area contributed by atoms with E-state index in [-0.39, 0.29) is 18.5 Å². The first-order chi connectivity index (χ1) is 11.0. The van der Waals surface area contributed by atoms with Crippen molar-refractivity contribution in [2.24, 2.45) is 5.92 Å². The molecule has 0 aromatic carbocycles. The molecule has 7 heteroatoms. The average Bonchev–Trinajstić information content (AvgIpc) is 3.04. The number of amides is 1. The Hall–Kier alpha value is -2.57. The lowest BCUT2D eigenvalue weighted by Gasteiger charge is -2.37. The molecule has 1 aliphatic heterocycles. The van der Waals surface area contributed by atoms with E-state index < -0.39 is 11.2 Å². The summed E-state index contributed by atoms with van der Waals surface area (Å²) >= 11 is 0. The fraction of sp³-hybridized carbons (Fsp3) is 0.438. The van der Waals surface area contributed by atoms with Gasteiger partial charge >= 0.3 is 5.69 Å². The van der Waals surface area contributed by atoms with Crippen LogP contribution in [0.3, 0.4) is 0 Å². The molecule has 3 rings (SSSR count). The lowest BCUT2D eigenvalue weighted by atomic mass is 9.91. The third kappa shape index (κ3) is 3.28. The molecule has 0 bridgehead atoms. The Morgan fingerprint density at radius 2 is 2.22 bits per heavy atom. The number of piperidine rings is 1. The monoisotopic (exact) mass is 317 g/mol. The Morgan fingerprint density at radius 1 is 1.39 bits per heavy atom. The van der Waals surface area contributed by atoms with Gasteiger partial charge in [-0.15, -0.1) is 0 Å². The van der Waals surface area contributed by atoms with Crippen LogP contribution in [0.15, 0.2) is 44.7 Å². The summed E-state index contributed by atoms with van der Waals surface area (Å²) in [7, 11) is 0. The molecule has 0 aliphatic carbocycles. The van der Waals surface area contributed by atoms with Crippen LogP contribution in [0.25, 0.3) is 0 Å². The molecule has 0 spiro atoms. The molecule has 1 amide bonds. The van der Waals surface area contributed by atoms with Crippen molar-refractivity contribution in [3.63, 3.8) is 0 Å². The molecule has 2 aromatic rings. The second-order valence-electron chi connectivity index (χ2n) is 5.99. The summed E-state index contributed by atoms with van der Waals surface area (Å²) in [6.45, 7) is 2.69. The Balaban J connectivity index is 1.81. The van der Waals surface area contributed by atoms with Crippen LogP contribution in [-0.4, -0.2) is 26.9 Å². The standard InChI is InChI=1S/C16H19N3O4/c1-11-4-7-19(12(9-11)13-3-2-8-23-13)15(21)10-18-6-5-14(20)17-16(18)22/h2-3,5-6,8,11-12H,4,7,9-10H2,1H3,(H,17,20,22). The van der Waals surface area contributed by atoms with Crippen LogP contribution < -0.4 is 11.2 Å². The Bertz CT molecular complexity index is 790. The highest BCUT2D eigenvalue weighted by Crippen LogP contribution is 2.34. The van der Waals surface area contributed by atoms with E-state index in [9.17, 15) is 14.4 Å².